The number of rotatable bonds is 2. The molecule has 0 radical (unpaired) electrons. The van der Waals surface area contributed by atoms with Crippen molar-refractivity contribution >= 4 is 38.3 Å². The van der Waals surface area contributed by atoms with E-state index in [0.29, 0.717) is 54.8 Å². The van der Waals surface area contributed by atoms with Crippen LogP contribution in [0.25, 0.3) is 4.91 Å². The van der Waals surface area contributed by atoms with Crippen LogP contribution >= 0.6 is 11.6 Å². The van der Waals surface area contributed by atoms with Gasteiger partial charge in [0.25, 0.3) is 15.9 Å². The summed E-state index contributed by atoms with van der Waals surface area (Å²) in [5.41, 5.74) is 1.21. The molecule has 0 aromatic heterocycles. The number of sulfonamides is 1. The SMILES string of the molecule is CC1=C(c2ccc(Cl)cc2)S(=O)(=O)N=C1N1CCCN(C(=O)[C@H]2CCCO2)CC1. The van der Waals surface area contributed by atoms with Gasteiger partial charge in [0.05, 0.1) is 0 Å². The van der Waals surface area contributed by atoms with Gasteiger partial charge in [-0.05, 0) is 43.9 Å². The normalized spacial score (nSPS) is 24.6. The molecule has 2 saturated heterocycles. The van der Waals surface area contributed by atoms with Crippen LogP contribution in [0.4, 0.5) is 0 Å². The number of hydrogen-bond acceptors (Lipinski definition) is 5. The minimum atomic E-state index is -3.77. The Bertz CT molecular complexity index is 966. The van der Waals surface area contributed by atoms with Crippen molar-refractivity contribution in [2.24, 2.45) is 4.40 Å². The molecule has 1 aromatic carbocycles. The first-order chi connectivity index (χ1) is 13.9. The van der Waals surface area contributed by atoms with Crippen molar-refractivity contribution in [1.82, 2.24) is 9.80 Å². The van der Waals surface area contributed by atoms with E-state index in [1.54, 1.807) is 31.2 Å². The van der Waals surface area contributed by atoms with Crippen LogP contribution < -0.4 is 0 Å². The fourth-order valence-electron chi connectivity index (χ4n) is 4.11. The molecule has 1 atom stereocenters. The molecule has 0 unspecified atom stereocenters. The topological polar surface area (TPSA) is 79.3 Å². The van der Waals surface area contributed by atoms with Crippen LogP contribution in [0.15, 0.2) is 34.2 Å². The van der Waals surface area contributed by atoms with Gasteiger partial charge in [0.1, 0.15) is 16.8 Å². The molecule has 1 aromatic rings. The molecule has 0 aliphatic carbocycles. The molecule has 1 amide bonds. The Morgan fingerprint density at radius 1 is 1.14 bits per heavy atom. The Balaban J connectivity index is 1.53. The highest BCUT2D eigenvalue weighted by Crippen LogP contribution is 2.34. The minimum Gasteiger partial charge on any atom is -0.368 e. The van der Waals surface area contributed by atoms with Gasteiger partial charge >= 0.3 is 0 Å². The highest BCUT2D eigenvalue weighted by molar-refractivity contribution is 8.00. The number of nitrogens with zero attached hydrogens (tertiary/aromatic N) is 3. The van der Waals surface area contributed by atoms with Crippen molar-refractivity contribution < 1.29 is 17.9 Å². The first-order valence-corrected chi connectivity index (χ1v) is 11.7. The van der Waals surface area contributed by atoms with Gasteiger partial charge in [0.15, 0.2) is 0 Å². The Kier molecular flexibility index (Phi) is 5.68. The van der Waals surface area contributed by atoms with Gasteiger partial charge in [-0.2, -0.15) is 8.42 Å². The van der Waals surface area contributed by atoms with Gasteiger partial charge in [-0.3, -0.25) is 4.79 Å². The number of carbonyl (C=O) groups is 1. The Morgan fingerprint density at radius 2 is 1.90 bits per heavy atom. The van der Waals surface area contributed by atoms with E-state index in [9.17, 15) is 13.2 Å². The van der Waals surface area contributed by atoms with E-state index >= 15 is 0 Å². The summed E-state index contributed by atoms with van der Waals surface area (Å²) < 4.78 is 35.1. The Hall–Kier alpha value is -1.90. The molecule has 0 N–H and O–H groups in total. The number of hydrogen-bond donors (Lipinski definition) is 0. The van der Waals surface area contributed by atoms with Crippen LogP contribution in [0.5, 0.6) is 0 Å². The summed E-state index contributed by atoms with van der Waals surface area (Å²) in [4.78, 5) is 16.7. The van der Waals surface area contributed by atoms with Crippen molar-refractivity contribution in [3.05, 3.63) is 40.4 Å². The molecule has 7 nitrogen and oxygen atoms in total. The lowest BCUT2D eigenvalue weighted by Crippen LogP contribution is -2.41. The molecular formula is C20H24ClN3O4S. The molecule has 9 heteroatoms. The first-order valence-electron chi connectivity index (χ1n) is 9.84. The summed E-state index contributed by atoms with van der Waals surface area (Å²) in [6.07, 6.45) is 2.11. The highest BCUT2D eigenvalue weighted by Gasteiger charge is 2.35. The summed E-state index contributed by atoms with van der Waals surface area (Å²) in [5, 5.41) is 0.548. The number of carbonyl (C=O) groups excluding carboxylic acids is 1. The molecule has 3 aliphatic heterocycles. The summed E-state index contributed by atoms with van der Waals surface area (Å²) in [7, 11) is -3.77. The van der Waals surface area contributed by atoms with Gasteiger partial charge in [-0.15, -0.1) is 4.40 Å². The fourth-order valence-corrected chi connectivity index (χ4v) is 5.72. The van der Waals surface area contributed by atoms with Gasteiger partial charge < -0.3 is 14.5 Å². The number of halogens is 1. The second kappa shape index (κ2) is 8.08. The number of benzene rings is 1. The maximum atomic E-state index is 12.8. The second-order valence-corrected chi connectivity index (χ2v) is 9.50. The lowest BCUT2D eigenvalue weighted by atomic mass is 10.1. The molecule has 3 heterocycles. The lowest BCUT2D eigenvalue weighted by molar-refractivity contribution is -0.140. The molecular weight excluding hydrogens is 414 g/mol. The largest absolute Gasteiger partial charge is 0.368 e. The first kappa shape index (κ1) is 20.4. The van der Waals surface area contributed by atoms with E-state index in [1.807, 2.05) is 9.80 Å². The summed E-state index contributed by atoms with van der Waals surface area (Å²) in [5.74, 6) is 0.515. The van der Waals surface area contributed by atoms with Gasteiger partial charge in [-0.25, -0.2) is 0 Å². The maximum Gasteiger partial charge on any atom is 0.285 e. The zero-order valence-corrected chi connectivity index (χ0v) is 17.9. The third-order valence-corrected chi connectivity index (χ3v) is 7.28. The Labute approximate surface area is 176 Å². The maximum absolute atomic E-state index is 12.8. The molecule has 0 bridgehead atoms. The molecule has 29 heavy (non-hydrogen) atoms. The van der Waals surface area contributed by atoms with E-state index in [1.165, 1.54) is 0 Å². The van der Waals surface area contributed by atoms with Crippen molar-refractivity contribution in [1.29, 1.82) is 0 Å². The van der Waals surface area contributed by atoms with Gasteiger partial charge in [0.2, 0.25) is 0 Å². The van der Waals surface area contributed by atoms with Crippen LogP contribution in [-0.2, 0) is 19.6 Å². The van der Waals surface area contributed by atoms with E-state index < -0.39 is 10.0 Å². The molecule has 2 fully saturated rings. The summed E-state index contributed by atoms with van der Waals surface area (Å²) in [6.45, 7) is 4.78. The Morgan fingerprint density at radius 3 is 2.59 bits per heavy atom. The second-order valence-electron chi connectivity index (χ2n) is 7.52. The summed E-state index contributed by atoms with van der Waals surface area (Å²) in [6, 6.07) is 6.74. The van der Waals surface area contributed by atoms with E-state index in [4.69, 9.17) is 16.3 Å². The predicted octanol–water partition coefficient (Wildman–Crippen LogP) is 2.53. The smallest absolute Gasteiger partial charge is 0.285 e. The standard InChI is InChI=1S/C20H24ClN3O4S/c1-14-18(15-5-7-16(21)8-6-15)29(26,27)22-19(14)23-9-3-10-24(12-11-23)20(25)17-4-2-13-28-17/h5-8,17H,2-4,9-13H2,1H3/t17-/m1/s1. The van der Waals surface area contributed by atoms with Crippen molar-refractivity contribution in [2.75, 3.05) is 32.8 Å². The van der Waals surface area contributed by atoms with E-state index in [0.717, 1.165) is 19.3 Å². The molecule has 3 aliphatic rings. The molecule has 4 rings (SSSR count). The van der Waals surface area contributed by atoms with Gasteiger partial charge in [-0.1, -0.05) is 23.7 Å². The lowest BCUT2D eigenvalue weighted by Gasteiger charge is -2.25. The fraction of sp³-hybridized carbons (Fsp3) is 0.500. The van der Waals surface area contributed by atoms with E-state index in [2.05, 4.69) is 4.40 Å². The molecule has 156 valence electrons. The third kappa shape index (κ3) is 4.06. The zero-order valence-electron chi connectivity index (χ0n) is 16.3. The van der Waals surface area contributed by atoms with Crippen LogP contribution in [-0.4, -0.2) is 68.9 Å². The van der Waals surface area contributed by atoms with Crippen molar-refractivity contribution in [3.8, 4) is 0 Å². The number of ether oxygens (including phenoxy) is 1. The highest BCUT2D eigenvalue weighted by atomic mass is 35.5. The van der Waals surface area contributed by atoms with Crippen molar-refractivity contribution in [3.63, 3.8) is 0 Å². The third-order valence-electron chi connectivity index (χ3n) is 5.56. The molecule has 0 spiro atoms. The minimum absolute atomic E-state index is 0.0412. The molecule has 0 saturated carbocycles. The van der Waals surface area contributed by atoms with Crippen LogP contribution in [0, 0.1) is 0 Å². The van der Waals surface area contributed by atoms with Gasteiger partial charge in [0, 0.05) is 43.4 Å². The van der Waals surface area contributed by atoms with Crippen molar-refractivity contribution in [2.45, 2.75) is 32.3 Å². The predicted molar refractivity (Wildman–Crippen MR) is 112 cm³/mol. The van der Waals surface area contributed by atoms with Crippen LogP contribution in [0.2, 0.25) is 5.02 Å². The number of amides is 1. The monoisotopic (exact) mass is 437 g/mol. The van der Waals surface area contributed by atoms with E-state index in [-0.39, 0.29) is 16.9 Å². The average molecular weight is 438 g/mol. The average Bonchev–Trinajstić information content (AvgIpc) is 3.21. The zero-order chi connectivity index (χ0) is 20.6. The van der Waals surface area contributed by atoms with Crippen LogP contribution in [0.1, 0.15) is 31.7 Å². The van der Waals surface area contributed by atoms with Crippen LogP contribution in [0.3, 0.4) is 0 Å². The quantitative estimate of drug-likeness (QED) is 0.710. The number of amidine groups is 1. The summed E-state index contributed by atoms with van der Waals surface area (Å²) >= 11 is 5.94.